The Morgan fingerprint density at radius 1 is 1.00 bits per heavy atom. The van der Waals surface area contributed by atoms with E-state index in [1.807, 2.05) is 30.3 Å². The van der Waals surface area contributed by atoms with E-state index in [0.717, 1.165) is 43.8 Å². The summed E-state index contributed by atoms with van der Waals surface area (Å²) in [6.45, 7) is 2.86. The van der Waals surface area contributed by atoms with E-state index in [-0.39, 0.29) is 5.91 Å². The molecule has 0 aliphatic carbocycles. The third-order valence-corrected chi connectivity index (χ3v) is 4.64. The van der Waals surface area contributed by atoms with Gasteiger partial charge in [-0.25, -0.2) is 10.0 Å². The van der Waals surface area contributed by atoms with Crippen molar-refractivity contribution in [3.05, 3.63) is 65.7 Å². The van der Waals surface area contributed by atoms with E-state index in [4.69, 9.17) is 4.74 Å². The number of benzene rings is 2. The first kappa shape index (κ1) is 16.5. The van der Waals surface area contributed by atoms with Crippen LogP contribution in [0.15, 0.2) is 54.6 Å². The average Bonchev–Trinajstić information content (AvgIpc) is 3.04. The van der Waals surface area contributed by atoms with Gasteiger partial charge in [0, 0.05) is 18.4 Å². The highest BCUT2D eigenvalue weighted by Gasteiger charge is 2.34. The van der Waals surface area contributed by atoms with Crippen molar-refractivity contribution in [1.29, 1.82) is 0 Å². The molecule has 0 saturated carbocycles. The van der Waals surface area contributed by atoms with Gasteiger partial charge in [-0.3, -0.25) is 4.79 Å². The van der Waals surface area contributed by atoms with Gasteiger partial charge in [0.05, 0.1) is 13.5 Å². The molecule has 0 aromatic heterocycles. The summed E-state index contributed by atoms with van der Waals surface area (Å²) in [4.78, 5) is 12.6. The van der Waals surface area contributed by atoms with Crippen molar-refractivity contribution in [3.8, 4) is 5.75 Å². The highest BCUT2D eigenvalue weighted by molar-refractivity contribution is 5.77. The highest BCUT2D eigenvalue weighted by atomic mass is 16.5. The molecule has 0 spiro atoms. The molecule has 126 valence electrons. The lowest BCUT2D eigenvalue weighted by atomic mass is 10.1. The Morgan fingerprint density at radius 2 is 1.67 bits per heavy atom. The Balaban J connectivity index is 1.65. The molecule has 2 aromatic carbocycles. The van der Waals surface area contributed by atoms with Crippen LogP contribution in [0.5, 0.6) is 5.75 Å². The lowest BCUT2D eigenvalue weighted by molar-refractivity contribution is -0.963. The van der Waals surface area contributed by atoms with Gasteiger partial charge in [-0.15, -0.1) is 0 Å². The zero-order valence-corrected chi connectivity index (χ0v) is 14.2. The maximum absolute atomic E-state index is 12.6. The molecule has 1 saturated heterocycles. The van der Waals surface area contributed by atoms with Gasteiger partial charge in [-0.05, 0) is 17.7 Å². The number of methoxy groups -OCH3 is 1. The van der Waals surface area contributed by atoms with Crippen LogP contribution in [0.2, 0.25) is 0 Å². The molecular weight excluding hydrogens is 300 g/mol. The minimum Gasteiger partial charge on any atom is -0.497 e. The summed E-state index contributed by atoms with van der Waals surface area (Å²) in [6, 6.07) is 18.1. The number of nitrogens with zero attached hydrogens (tertiary/aromatic N) is 1. The van der Waals surface area contributed by atoms with Crippen LogP contribution in [0.3, 0.4) is 0 Å². The summed E-state index contributed by atoms with van der Waals surface area (Å²) in [5, 5.41) is 0. The lowest BCUT2D eigenvalue weighted by Gasteiger charge is -2.33. The zero-order chi connectivity index (χ0) is 16.8. The highest BCUT2D eigenvalue weighted by Crippen LogP contribution is 2.21. The summed E-state index contributed by atoms with van der Waals surface area (Å²) < 4.78 is 5.83. The monoisotopic (exact) mass is 325 g/mol. The minimum absolute atomic E-state index is 0.0815. The summed E-state index contributed by atoms with van der Waals surface area (Å²) in [7, 11) is 1.65. The van der Waals surface area contributed by atoms with Crippen molar-refractivity contribution in [2.45, 2.75) is 25.8 Å². The van der Waals surface area contributed by atoms with E-state index in [1.165, 1.54) is 5.56 Å². The Hall–Kier alpha value is -2.33. The molecule has 0 atom stereocenters. The average molecular weight is 325 g/mol. The first-order valence-electron chi connectivity index (χ1n) is 8.53. The van der Waals surface area contributed by atoms with Gasteiger partial charge in [-0.2, -0.15) is 0 Å². The fourth-order valence-corrected chi connectivity index (χ4v) is 3.42. The summed E-state index contributed by atoms with van der Waals surface area (Å²) in [6.07, 6.45) is 2.73. The van der Waals surface area contributed by atoms with Gasteiger partial charge in [0.1, 0.15) is 25.4 Å². The number of likely N-dealkylation sites (tertiary alicyclic amines) is 1. The second kappa shape index (κ2) is 7.49. The third-order valence-electron chi connectivity index (χ3n) is 4.64. The molecule has 1 amide bonds. The molecule has 0 unspecified atom stereocenters. The second-order valence-electron chi connectivity index (χ2n) is 6.50. The molecule has 3 rings (SSSR count). The van der Waals surface area contributed by atoms with Crippen LogP contribution in [-0.2, 0) is 17.8 Å². The zero-order valence-electron chi connectivity index (χ0n) is 14.2. The molecule has 0 radical (unpaired) electrons. The number of hydrogen-bond acceptors (Lipinski definition) is 2. The Morgan fingerprint density at radius 3 is 2.29 bits per heavy atom. The quantitative estimate of drug-likeness (QED) is 0.829. The van der Waals surface area contributed by atoms with E-state index in [2.05, 4.69) is 29.7 Å². The van der Waals surface area contributed by atoms with E-state index < -0.39 is 0 Å². The number of carbonyl (C=O) groups excluding carboxylic acids is 1. The number of amides is 1. The van der Waals surface area contributed by atoms with Crippen LogP contribution in [0.1, 0.15) is 24.0 Å². The smallest absolute Gasteiger partial charge is 0.269 e. The van der Waals surface area contributed by atoms with Crippen molar-refractivity contribution in [3.63, 3.8) is 0 Å². The summed E-state index contributed by atoms with van der Waals surface area (Å²) in [5.74, 6) is 0.893. The molecule has 1 aliphatic rings. The minimum atomic E-state index is 0.0815. The lowest BCUT2D eigenvalue weighted by Crippen LogP contribution is -2.58. The normalized spacial score (nSPS) is 15.9. The van der Waals surface area contributed by atoms with Crippen molar-refractivity contribution in [1.82, 2.24) is 5.43 Å². The van der Waals surface area contributed by atoms with Crippen LogP contribution in [0.4, 0.5) is 0 Å². The van der Waals surface area contributed by atoms with Crippen LogP contribution < -0.4 is 10.2 Å². The molecule has 24 heavy (non-hydrogen) atoms. The predicted molar refractivity (Wildman–Crippen MR) is 94.2 cm³/mol. The fraction of sp³-hybridized carbons (Fsp3) is 0.350. The standard InChI is InChI=1S/C20H24N2O2/c1-24-19-11-9-17(10-12-19)15-20(23)21-22(13-5-6-14-22)16-18-7-3-2-4-8-18/h2-4,7-12H,5-6,13-16H2,1H3/p+1. The van der Waals surface area contributed by atoms with Crippen LogP contribution in [0, 0.1) is 0 Å². The van der Waals surface area contributed by atoms with E-state index in [1.54, 1.807) is 7.11 Å². The molecule has 4 heteroatoms. The van der Waals surface area contributed by atoms with E-state index in [9.17, 15) is 4.79 Å². The van der Waals surface area contributed by atoms with Gasteiger partial charge in [-0.1, -0.05) is 42.5 Å². The van der Waals surface area contributed by atoms with Crippen molar-refractivity contribution >= 4 is 5.91 Å². The van der Waals surface area contributed by atoms with Gasteiger partial charge in [0.25, 0.3) is 5.91 Å². The maximum atomic E-state index is 12.6. The number of nitrogens with one attached hydrogen (secondary N) is 1. The van der Waals surface area contributed by atoms with Gasteiger partial charge in [0.15, 0.2) is 0 Å². The van der Waals surface area contributed by atoms with Crippen molar-refractivity contribution in [2.24, 2.45) is 0 Å². The molecule has 4 nitrogen and oxygen atoms in total. The molecule has 1 N–H and O–H groups in total. The first-order chi connectivity index (χ1) is 11.7. The van der Waals surface area contributed by atoms with Crippen molar-refractivity contribution < 1.29 is 14.1 Å². The first-order valence-corrected chi connectivity index (χ1v) is 8.53. The third kappa shape index (κ3) is 4.15. The Labute approximate surface area is 143 Å². The molecule has 1 heterocycles. The molecule has 1 fully saturated rings. The van der Waals surface area contributed by atoms with Crippen molar-refractivity contribution in [2.75, 3.05) is 20.2 Å². The number of rotatable bonds is 6. The second-order valence-corrected chi connectivity index (χ2v) is 6.50. The molecular formula is C20H25N2O2+. The van der Waals surface area contributed by atoms with Gasteiger partial charge >= 0.3 is 0 Å². The molecule has 2 aromatic rings. The van der Waals surface area contributed by atoms with Crippen LogP contribution in [0.25, 0.3) is 0 Å². The Kier molecular flexibility index (Phi) is 5.16. The van der Waals surface area contributed by atoms with Crippen LogP contribution in [-0.4, -0.2) is 30.7 Å². The SMILES string of the molecule is COc1ccc(CC(=O)N[N+]2(Cc3ccccc3)CCCC2)cc1. The maximum Gasteiger partial charge on any atom is 0.269 e. The summed E-state index contributed by atoms with van der Waals surface area (Å²) in [5.41, 5.74) is 5.56. The number of ether oxygens (including phenoxy) is 1. The topological polar surface area (TPSA) is 38.3 Å². The number of quaternary nitrogens is 1. The fourth-order valence-electron chi connectivity index (χ4n) is 3.42. The largest absolute Gasteiger partial charge is 0.497 e. The Bertz CT molecular complexity index is 662. The van der Waals surface area contributed by atoms with E-state index >= 15 is 0 Å². The number of hydrogen-bond donors (Lipinski definition) is 1. The number of carbonyl (C=O) groups is 1. The molecule has 0 bridgehead atoms. The van der Waals surface area contributed by atoms with Gasteiger partial charge < -0.3 is 4.74 Å². The van der Waals surface area contributed by atoms with Gasteiger partial charge in [0.2, 0.25) is 0 Å². The van der Waals surface area contributed by atoms with Crippen LogP contribution >= 0.6 is 0 Å². The predicted octanol–water partition coefficient (Wildman–Crippen LogP) is 3.08. The molecule has 1 aliphatic heterocycles. The van der Waals surface area contributed by atoms with E-state index in [0.29, 0.717) is 11.0 Å². The summed E-state index contributed by atoms with van der Waals surface area (Å²) >= 11 is 0.